The summed E-state index contributed by atoms with van der Waals surface area (Å²) in [5.41, 5.74) is 0. The van der Waals surface area contributed by atoms with Crippen LogP contribution in [0.5, 0.6) is 0 Å². The largest absolute Gasteiger partial charge is 0.447 e. The van der Waals surface area contributed by atoms with Gasteiger partial charge in [-0.3, -0.25) is 4.90 Å². The van der Waals surface area contributed by atoms with Crippen LogP contribution in [-0.2, 0) is 14.2 Å². The smallest absolute Gasteiger partial charge is 0.435 e. The lowest BCUT2D eigenvalue weighted by molar-refractivity contribution is 0.0287. The number of amides is 1. The van der Waals surface area contributed by atoms with E-state index in [4.69, 9.17) is 14.2 Å². The summed E-state index contributed by atoms with van der Waals surface area (Å²) in [6, 6.07) is 0. The van der Waals surface area contributed by atoms with Crippen LogP contribution in [0.25, 0.3) is 0 Å². The van der Waals surface area contributed by atoms with E-state index in [0.717, 1.165) is 58.2 Å². The maximum Gasteiger partial charge on any atom is 0.435 e. The maximum atomic E-state index is 11.8. The molecule has 120 valence electrons. The number of morpholine rings is 2. The Hall–Kier alpha value is -1.18. The Kier molecular flexibility index (Phi) is 6.91. The van der Waals surface area contributed by atoms with Gasteiger partial charge in [0.05, 0.1) is 26.4 Å². The predicted molar refractivity (Wildman–Crippen MR) is 78.7 cm³/mol. The Labute approximate surface area is 125 Å². The van der Waals surface area contributed by atoms with Crippen molar-refractivity contribution in [1.29, 1.82) is 0 Å². The third kappa shape index (κ3) is 5.61. The lowest BCUT2D eigenvalue weighted by Crippen LogP contribution is -2.41. The van der Waals surface area contributed by atoms with E-state index in [1.165, 1.54) is 0 Å². The van der Waals surface area contributed by atoms with Gasteiger partial charge in [-0.15, -0.1) is 0 Å². The van der Waals surface area contributed by atoms with Gasteiger partial charge in [0.2, 0.25) is 0 Å². The van der Waals surface area contributed by atoms with Crippen LogP contribution in [0, 0.1) is 0 Å². The van der Waals surface area contributed by atoms with Gasteiger partial charge in [0, 0.05) is 39.1 Å². The fourth-order valence-electron chi connectivity index (χ4n) is 2.42. The van der Waals surface area contributed by atoms with Crippen LogP contribution >= 0.6 is 0 Å². The summed E-state index contributed by atoms with van der Waals surface area (Å²) in [5.74, 6) is 0.787. The number of ether oxygens (including phenoxy) is 3. The van der Waals surface area contributed by atoms with Gasteiger partial charge < -0.3 is 19.1 Å². The molecule has 7 heteroatoms. The summed E-state index contributed by atoms with van der Waals surface area (Å²) >= 11 is 0. The molecule has 0 N–H and O–H groups in total. The Morgan fingerprint density at radius 1 is 1.10 bits per heavy atom. The lowest BCUT2D eigenvalue weighted by atomic mass is 10.3. The van der Waals surface area contributed by atoms with E-state index in [0.29, 0.717) is 19.8 Å². The standard InChI is InChI=1S/C14H25N3O4/c1-2-13(17-6-10-20-11-7-17)15-14(18)21-12-5-16-3-8-19-9-4-16/h2-12H2,1H3/b15-13-. The number of rotatable bonds is 4. The van der Waals surface area contributed by atoms with E-state index >= 15 is 0 Å². The van der Waals surface area contributed by atoms with Gasteiger partial charge in [0.15, 0.2) is 0 Å². The van der Waals surface area contributed by atoms with Gasteiger partial charge in [-0.2, -0.15) is 4.99 Å². The molecule has 2 heterocycles. The van der Waals surface area contributed by atoms with Crippen molar-refractivity contribution in [2.45, 2.75) is 13.3 Å². The number of amidine groups is 1. The van der Waals surface area contributed by atoms with Gasteiger partial charge in [0.25, 0.3) is 0 Å². The van der Waals surface area contributed by atoms with Crippen molar-refractivity contribution >= 4 is 11.9 Å². The predicted octanol–water partition coefficient (Wildman–Crippen LogP) is 0.596. The molecule has 0 aromatic rings. The third-order valence-electron chi connectivity index (χ3n) is 3.65. The summed E-state index contributed by atoms with van der Waals surface area (Å²) in [5, 5.41) is 0. The van der Waals surface area contributed by atoms with Crippen LogP contribution in [0.15, 0.2) is 4.99 Å². The van der Waals surface area contributed by atoms with Crippen molar-refractivity contribution in [3.8, 4) is 0 Å². The Balaban J connectivity index is 1.71. The van der Waals surface area contributed by atoms with Crippen molar-refractivity contribution in [1.82, 2.24) is 9.80 Å². The highest BCUT2D eigenvalue weighted by Gasteiger charge is 2.16. The minimum atomic E-state index is -0.494. The number of aliphatic imine (C=N–C) groups is 1. The molecule has 0 saturated carbocycles. The summed E-state index contributed by atoms with van der Waals surface area (Å²) in [6.07, 6.45) is 0.227. The van der Waals surface area contributed by atoms with E-state index in [9.17, 15) is 4.79 Å². The van der Waals surface area contributed by atoms with Crippen molar-refractivity contribution in [2.75, 3.05) is 65.8 Å². The average Bonchev–Trinajstić information content (AvgIpc) is 2.54. The molecule has 2 fully saturated rings. The fraction of sp³-hybridized carbons (Fsp3) is 0.857. The average molecular weight is 299 g/mol. The maximum absolute atomic E-state index is 11.8. The molecule has 2 aliphatic heterocycles. The summed E-state index contributed by atoms with van der Waals surface area (Å²) in [7, 11) is 0. The van der Waals surface area contributed by atoms with Gasteiger partial charge in [-0.05, 0) is 0 Å². The number of hydrogen-bond donors (Lipinski definition) is 0. The lowest BCUT2D eigenvalue weighted by Gasteiger charge is -2.29. The molecule has 1 amide bonds. The summed E-state index contributed by atoms with van der Waals surface area (Å²) < 4.78 is 15.8. The molecule has 0 aliphatic carbocycles. The first-order valence-corrected chi connectivity index (χ1v) is 7.66. The number of nitrogens with zero attached hydrogens (tertiary/aromatic N) is 3. The third-order valence-corrected chi connectivity index (χ3v) is 3.65. The highest BCUT2D eigenvalue weighted by molar-refractivity contribution is 5.91. The first-order valence-electron chi connectivity index (χ1n) is 7.66. The SMILES string of the molecule is CC/C(=N/C(=O)OCCN1CCOCC1)N1CCOCC1. The van der Waals surface area contributed by atoms with Gasteiger partial charge in [-0.1, -0.05) is 6.92 Å². The molecular formula is C14H25N3O4. The highest BCUT2D eigenvalue weighted by atomic mass is 16.5. The number of carbonyl (C=O) groups is 1. The molecule has 0 aromatic heterocycles. The molecule has 0 radical (unpaired) electrons. The normalized spacial score (nSPS) is 21.4. The molecule has 7 nitrogen and oxygen atoms in total. The van der Waals surface area contributed by atoms with Crippen LogP contribution in [0.4, 0.5) is 4.79 Å². The molecule has 2 aliphatic rings. The Bertz CT molecular complexity index is 350. The topological polar surface area (TPSA) is 63.6 Å². The van der Waals surface area contributed by atoms with Crippen LogP contribution < -0.4 is 0 Å². The number of carbonyl (C=O) groups excluding carboxylic acids is 1. The van der Waals surface area contributed by atoms with E-state index < -0.39 is 6.09 Å². The molecule has 21 heavy (non-hydrogen) atoms. The van der Waals surface area contributed by atoms with Crippen molar-refractivity contribution in [3.63, 3.8) is 0 Å². The Morgan fingerprint density at radius 3 is 2.33 bits per heavy atom. The van der Waals surface area contributed by atoms with Gasteiger partial charge in [-0.25, -0.2) is 4.79 Å². The van der Waals surface area contributed by atoms with Crippen LogP contribution in [0.2, 0.25) is 0 Å². The molecule has 2 rings (SSSR count). The number of hydrogen-bond acceptors (Lipinski definition) is 5. The summed E-state index contributed by atoms with van der Waals surface area (Å²) in [4.78, 5) is 20.2. The second-order valence-corrected chi connectivity index (χ2v) is 5.05. The van der Waals surface area contributed by atoms with E-state index in [1.807, 2.05) is 6.92 Å². The van der Waals surface area contributed by atoms with Crippen molar-refractivity contribution in [2.24, 2.45) is 4.99 Å². The van der Waals surface area contributed by atoms with E-state index in [1.54, 1.807) is 0 Å². The molecule has 0 spiro atoms. The van der Waals surface area contributed by atoms with E-state index in [2.05, 4.69) is 14.8 Å². The summed E-state index contributed by atoms with van der Waals surface area (Å²) in [6.45, 7) is 9.36. The molecule has 2 saturated heterocycles. The quantitative estimate of drug-likeness (QED) is 0.559. The molecule has 0 atom stereocenters. The van der Waals surface area contributed by atoms with Gasteiger partial charge >= 0.3 is 6.09 Å². The molecule has 0 bridgehead atoms. The molecular weight excluding hydrogens is 274 g/mol. The zero-order chi connectivity index (χ0) is 14.9. The Morgan fingerprint density at radius 2 is 1.71 bits per heavy atom. The first kappa shape index (κ1) is 16.2. The van der Waals surface area contributed by atoms with Crippen LogP contribution in [0.3, 0.4) is 0 Å². The van der Waals surface area contributed by atoms with Crippen LogP contribution in [-0.4, -0.2) is 87.5 Å². The monoisotopic (exact) mass is 299 g/mol. The second-order valence-electron chi connectivity index (χ2n) is 5.05. The molecule has 0 aromatic carbocycles. The highest BCUT2D eigenvalue weighted by Crippen LogP contribution is 2.03. The minimum Gasteiger partial charge on any atom is -0.447 e. The van der Waals surface area contributed by atoms with Crippen molar-refractivity contribution in [3.05, 3.63) is 0 Å². The first-order chi connectivity index (χ1) is 10.3. The zero-order valence-electron chi connectivity index (χ0n) is 12.8. The van der Waals surface area contributed by atoms with Gasteiger partial charge in [0.1, 0.15) is 12.4 Å². The molecule has 0 unspecified atom stereocenters. The minimum absolute atomic E-state index is 0.377. The second kappa shape index (κ2) is 8.96. The fourth-order valence-corrected chi connectivity index (χ4v) is 2.42. The van der Waals surface area contributed by atoms with Crippen molar-refractivity contribution < 1.29 is 19.0 Å². The zero-order valence-corrected chi connectivity index (χ0v) is 12.8. The van der Waals surface area contributed by atoms with Crippen LogP contribution in [0.1, 0.15) is 13.3 Å². The van der Waals surface area contributed by atoms with E-state index in [-0.39, 0.29) is 0 Å².